The Morgan fingerprint density at radius 2 is 2.09 bits per heavy atom. The van der Waals surface area contributed by atoms with Gasteiger partial charge in [0, 0.05) is 12.1 Å². The highest BCUT2D eigenvalue weighted by atomic mass is 16.5. The van der Waals surface area contributed by atoms with Crippen LogP contribution in [0, 0.1) is 22.8 Å². The lowest BCUT2D eigenvalue weighted by Gasteiger charge is -2.36. The third kappa shape index (κ3) is 3.52. The minimum absolute atomic E-state index is 0.477. The summed E-state index contributed by atoms with van der Waals surface area (Å²) in [5.41, 5.74) is 1.87. The summed E-state index contributed by atoms with van der Waals surface area (Å²) in [6.45, 7) is 8.58. The molecule has 5 nitrogen and oxygen atoms in total. The van der Waals surface area contributed by atoms with E-state index in [1.807, 2.05) is 50.1 Å². The second-order valence-corrected chi connectivity index (χ2v) is 5.97. The number of nitriles is 2. The van der Waals surface area contributed by atoms with Crippen molar-refractivity contribution in [1.82, 2.24) is 4.90 Å². The minimum atomic E-state index is -0.477. The molecule has 0 saturated heterocycles. The molecule has 0 spiro atoms. The van der Waals surface area contributed by atoms with Crippen LogP contribution in [-0.4, -0.2) is 22.9 Å². The molecule has 5 heteroatoms. The number of fused-ring (bicyclic) bond motifs is 1. The molecule has 0 unspecified atom stereocenters. The van der Waals surface area contributed by atoms with E-state index in [1.165, 1.54) is 0 Å². The summed E-state index contributed by atoms with van der Waals surface area (Å²) in [6.07, 6.45) is 4.77. The zero-order chi connectivity index (χ0) is 17.0. The van der Waals surface area contributed by atoms with E-state index >= 15 is 0 Å². The number of benzene rings is 1. The van der Waals surface area contributed by atoms with Crippen LogP contribution in [0.3, 0.4) is 0 Å². The maximum absolute atomic E-state index is 9.17. The van der Waals surface area contributed by atoms with Crippen LogP contribution in [0.1, 0.15) is 45.2 Å². The Balaban J connectivity index is 2.62. The van der Waals surface area contributed by atoms with E-state index < -0.39 is 5.60 Å². The molecule has 118 valence electrons. The van der Waals surface area contributed by atoms with Gasteiger partial charge in [-0.3, -0.25) is 0 Å². The van der Waals surface area contributed by atoms with Crippen molar-refractivity contribution >= 4 is 11.5 Å². The summed E-state index contributed by atoms with van der Waals surface area (Å²) in [5.74, 6) is 1.36. The number of hydrogen-bond acceptors (Lipinski definition) is 4. The van der Waals surface area contributed by atoms with Gasteiger partial charge in [-0.05, 0) is 51.5 Å². The molecule has 0 radical (unpaired) electrons. The highest BCUT2D eigenvalue weighted by Gasteiger charge is 2.30. The Labute approximate surface area is 137 Å². The lowest BCUT2D eigenvalue weighted by atomic mass is 9.96. The van der Waals surface area contributed by atoms with Gasteiger partial charge in [-0.1, -0.05) is 6.92 Å². The van der Waals surface area contributed by atoms with Gasteiger partial charge in [-0.25, -0.2) is 0 Å². The smallest absolute Gasteiger partial charge is 0.207 e. The van der Waals surface area contributed by atoms with Crippen LogP contribution < -0.4 is 4.74 Å². The molecule has 0 bridgehead atoms. The third-order valence-corrected chi connectivity index (χ3v) is 3.58. The van der Waals surface area contributed by atoms with Gasteiger partial charge in [0.05, 0.1) is 17.3 Å². The van der Waals surface area contributed by atoms with Crippen molar-refractivity contribution < 1.29 is 4.74 Å². The molecule has 0 amide bonds. The number of nitrogens with zero attached hydrogens (tertiary/aromatic N) is 4. The Kier molecular flexibility index (Phi) is 4.71. The van der Waals surface area contributed by atoms with Gasteiger partial charge in [0.2, 0.25) is 6.19 Å². The highest BCUT2D eigenvalue weighted by Crippen LogP contribution is 2.38. The van der Waals surface area contributed by atoms with Crippen LogP contribution in [0.25, 0.3) is 5.70 Å². The molecular weight excluding hydrogens is 288 g/mol. The fourth-order valence-corrected chi connectivity index (χ4v) is 2.64. The first kappa shape index (κ1) is 16.6. The van der Waals surface area contributed by atoms with Crippen LogP contribution in [0.5, 0.6) is 5.75 Å². The van der Waals surface area contributed by atoms with Crippen LogP contribution in [0.4, 0.5) is 0 Å². The normalized spacial score (nSPS) is 15.6. The van der Waals surface area contributed by atoms with Gasteiger partial charge in [0.25, 0.3) is 0 Å². The van der Waals surface area contributed by atoms with Crippen molar-refractivity contribution in [3.63, 3.8) is 0 Å². The SMILES string of the molecule is CCCN(C1=CC(C)(C)Oc2ccc(C#N)cc21)C(C)=NC#N. The van der Waals surface area contributed by atoms with Crippen LogP contribution in [0.15, 0.2) is 29.3 Å². The molecule has 1 aliphatic rings. The Morgan fingerprint density at radius 1 is 1.35 bits per heavy atom. The number of amidine groups is 1. The molecular formula is C18H20N4O. The zero-order valence-corrected chi connectivity index (χ0v) is 13.9. The molecule has 1 aromatic rings. The highest BCUT2D eigenvalue weighted by molar-refractivity contribution is 5.91. The van der Waals surface area contributed by atoms with Gasteiger partial charge in [0.1, 0.15) is 17.2 Å². The van der Waals surface area contributed by atoms with Crippen molar-refractivity contribution in [3.8, 4) is 18.0 Å². The van der Waals surface area contributed by atoms with Gasteiger partial charge in [-0.15, -0.1) is 0 Å². The van der Waals surface area contributed by atoms with Gasteiger partial charge in [0.15, 0.2) is 0 Å². The number of hydrogen-bond donors (Lipinski definition) is 0. The van der Waals surface area contributed by atoms with E-state index in [0.717, 1.165) is 30.0 Å². The van der Waals surface area contributed by atoms with Gasteiger partial charge >= 0.3 is 0 Å². The topological polar surface area (TPSA) is 72.4 Å². The zero-order valence-electron chi connectivity index (χ0n) is 13.9. The molecule has 0 atom stereocenters. The van der Waals surface area contributed by atoms with Crippen molar-refractivity contribution in [2.75, 3.05) is 6.54 Å². The van der Waals surface area contributed by atoms with Crippen molar-refractivity contribution in [3.05, 3.63) is 35.4 Å². The van der Waals surface area contributed by atoms with Crippen molar-refractivity contribution in [1.29, 1.82) is 10.5 Å². The first-order valence-electron chi connectivity index (χ1n) is 7.59. The summed E-state index contributed by atoms with van der Waals surface area (Å²) < 4.78 is 6.00. The Hall–Kier alpha value is -2.79. The Bertz CT molecular complexity index is 747. The van der Waals surface area contributed by atoms with E-state index in [1.54, 1.807) is 6.07 Å². The second-order valence-electron chi connectivity index (χ2n) is 5.97. The summed E-state index contributed by atoms with van der Waals surface area (Å²) in [6, 6.07) is 7.55. The molecule has 0 aliphatic carbocycles. The van der Waals surface area contributed by atoms with E-state index in [4.69, 9.17) is 10.00 Å². The predicted octanol–water partition coefficient (Wildman–Crippen LogP) is 3.68. The third-order valence-electron chi connectivity index (χ3n) is 3.58. The maximum atomic E-state index is 9.17. The fourth-order valence-electron chi connectivity index (χ4n) is 2.64. The first-order valence-corrected chi connectivity index (χ1v) is 7.59. The molecule has 0 N–H and O–H groups in total. The van der Waals surface area contributed by atoms with E-state index in [-0.39, 0.29) is 0 Å². The molecule has 1 heterocycles. The van der Waals surface area contributed by atoms with E-state index in [0.29, 0.717) is 11.4 Å². The minimum Gasteiger partial charge on any atom is -0.483 e. The van der Waals surface area contributed by atoms with Crippen molar-refractivity contribution in [2.24, 2.45) is 4.99 Å². The summed E-state index contributed by atoms with van der Waals surface area (Å²) in [7, 11) is 0. The maximum Gasteiger partial charge on any atom is 0.207 e. The van der Waals surface area contributed by atoms with Crippen LogP contribution in [-0.2, 0) is 0 Å². The molecule has 0 aromatic heterocycles. The molecule has 1 aliphatic heterocycles. The lowest BCUT2D eigenvalue weighted by Crippen LogP contribution is -2.36. The predicted molar refractivity (Wildman–Crippen MR) is 89.6 cm³/mol. The van der Waals surface area contributed by atoms with Gasteiger partial charge in [-0.2, -0.15) is 15.5 Å². The standard InChI is InChI=1S/C18H20N4O/c1-5-8-22(13(2)21-12-20)16-10-18(3,4)23-17-7-6-14(11-19)9-15(16)17/h6-7,9-10H,5,8H2,1-4H3. The van der Waals surface area contributed by atoms with E-state index in [9.17, 15) is 5.26 Å². The van der Waals surface area contributed by atoms with E-state index in [2.05, 4.69) is 18.0 Å². The van der Waals surface area contributed by atoms with Gasteiger partial charge < -0.3 is 9.64 Å². The average molecular weight is 308 g/mol. The summed E-state index contributed by atoms with van der Waals surface area (Å²) >= 11 is 0. The Morgan fingerprint density at radius 3 is 2.70 bits per heavy atom. The monoisotopic (exact) mass is 308 g/mol. The fraction of sp³-hybridized carbons (Fsp3) is 0.389. The summed E-state index contributed by atoms with van der Waals surface area (Å²) in [5, 5.41) is 18.1. The number of rotatable bonds is 3. The van der Waals surface area contributed by atoms with Crippen molar-refractivity contribution in [2.45, 2.75) is 39.7 Å². The molecule has 0 fully saturated rings. The molecule has 1 aromatic carbocycles. The van der Waals surface area contributed by atoms with Crippen LogP contribution >= 0.6 is 0 Å². The quantitative estimate of drug-likeness (QED) is 0.485. The average Bonchev–Trinajstić information content (AvgIpc) is 2.51. The second kappa shape index (κ2) is 6.54. The molecule has 23 heavy (non-hydrogen) atoms. The molecule has 2 rings (SSSR count). The largest absolute Gasteiger partial charge is 0.483 e. The lowest BCUT2D eigenvalue weighted by molar-refractivity contribution is 0.156. The number of aliphatic imine (C=N–C) groups is 1. The first-order chi connectivity index (χ1) is 10.9. The van der Waals surface area contributed by atoms with Crippen LogP contribution in [0.2, 0.25) is 0 Å². The summed E-state index contributed by atoms with van der Waals surface area (Å²) in [4.78, 5) is 5.89. The number of ether oxygens (including phenoxy) is 1. The molecule has 0 saturated carbocycles.